The average molecular weight is 329 g/mol. The lowest BCUT2D eigenvalue weighted by Gasteiger charge is -2.09. The number of anilines is 3. The Balaban J connectivity index is 1.77. The maximum Gasteiger partial charge on any atom is 0.274 e. The van der Waals surface area contributed by atoms with Crippen LogP contribution in [0.1, 0.15) is 21.6 Å². The lowest BCUT2D eigenvalue weighted by atomic mass is 10.2. The number of para-hydroxylation sites is 1. The van der Waals surface area contributed by atoms with Gasteiger partial charge in [0.05, 0.1) is 11.6 Å². The molecule has 2 N–H and O–H groups in total. The van der Waals surface area contributed by atoms with Crippen molar-refractivity contribution in [1.82, 2.24) is 9.97 Å². The SMILES string of the molecule is Cc1ccccc1Nc1cc(C(=O)Nc2cccc(C#N)c2)ncn1. The van der Waals surface area contributed by atoms with Crippen molar-refractivity contribution in [3.63, 3.8) is 0 Å². The summed E-state index contributed by atoms with van der Waals surface area (Å²) < 4.78 is 0. The Bertz CT molecular complexity index is 962. The van der Waals surface area contributed by atoms with Gasteiger partial charge in [0, 0.05) is 17.4 Å². The van der Waals surface area contributed by atoms with Crippen molar-refractivity contribution in [3.05, 3.63) is 77.7 Å². The zero-order valence-corrected chi connectivity index (χ0v) is 13.5. The maximum atomic E-state index is 12.4. The fraction of sp³-hybridized carbons (Fsp3) is 0.0526. The number of nitrogens with zero attached hydrogens (tertiary/aromatic N) is 3. The average Bonchev–Trinajstić information content (AvgIpc) is 2.64. The molecule has 1 heterocycles. The number of nitriles is 1. The molecular weight excluding hydrogens is 314 g/mol. The molecule has 0 aliphatic rings. The van der Waals surface area contributed by atoms with Gasteiger partial charge in [0.1, 0.15) is 17.8 Å². The fourth-order valence-electron chi connectivity index (χ4n) is 2.26. The number of aromatic nitrogens is 2. The topological polar surface area (TPSA) is 90.7 Å². The fourth-order valence-corrected chi connectivity index (χ4v) is 2.26. The lowest BCUT2D eigenvalue weighted by molar-refractivity contribution is 0.102. The van der Waals surface area contributed by atoms with E-state index in [1.165, 1.54) is 6.33 Å². The first kappa shape index (κ1) is 16.1. The number of amides is 1. The molecule has 0 atom stereocenters. The molecule has 122 valence electrons. The number of carbonyl (C=O) groups excluding carboxylic acids is 1. The summed E-state index contributed by atoms with van der Waals surface area (Å²) in [6.07, 6.45) is 1.33. The van der Waals surface area contributed by atoms with Crippen molar-refractivity contribution < 1.29 is 4.79 Å². The van der Waals surface area contributed by atoms with E-state index < -0.39 is 0 Å². The van der Waals surface area contributed by atoms with Crippen molar-refractivity contribution in [3.8, 4) is 6.07 Å². The summed E-state index contributed by atoms with van der Waals surface area (Å²) in [5.74, 6) is 0.158. The molecule has 3 aromatic rings. The van der Waals surface area contributed by atoms with Crippen molar-refractivity contribution >= 4 is 23.1 Å². The van der Waals surface area contributed by atoms with Gasteiger partial charge in [-0.2, -0.15) is 5.26 Å². The normalized spacial score (nSPS) is 9.92. The highest BCUT2D eigenvalue weighted by atomic mass is 16.1. The van der Waals surface area contributed by atoms with Crippen molar-refractivity contribution in [1.29, 1.82) is 5.26 Å². The molecule has 0 bridgehead atoms. The van der Waals surface area contributed by atoms with Gasteiger partial charge < -0.3 is 10.6 Å². The number of benzene rings is 2. The van der Waals surface area contributed by atoms with Crippen LogP contribution in [-0.2, 0) is 0 Å². The third-order valence-electron chi connectivity index (χ3n) is 3.56. The molecule has 6 heteroatoms. The summed E-state index contributed by atoms with van der Waals surface area (Å²) >= 11 is 0. The Morgan fingerprint density at radius 2 is 1.92 bits per heavy atom. The van der Waals surface area contributed by atoms with Crippen LogP contribution in [0.4, 0.5) is 17.2 Å². The van der Waals surface area contributed by atoms with Crippen molar-refractivity contribution in [2.24, 2.45) is 0 Å². The quantitative estimate of drug-likeness (QED) is 0.762. The van der Waals surface area contributed by atoms with Gasteiger partial charge in [0.25, 0.3) is 5.91 Å². The molecule has 0 fully saturated rings. The van der Waals surface area contributed by atoms with E-state index in [9.17, 15) is 4.79 Å². The van der Waals surface area contributed by atoms with Gasteiger partial charge in [0.15, 0.2) is 0 Å². The Morgan fingerprint density at radius 3 is 2.72 bits per heavy atom. The Labute approximate surface area is 145 Å². The van der Waals surface area contributed by atoms with Crippen molar-refractivity contribution in [2.45, 2.75) is 6.92 Å². The van der Waals surface area contributed by atoms with E-state index in [1.54, 1.807) is 30.3 Å². The predicted molar refractivity (Wildman–Crippen MR) is 95.6 cm³/mol. The largest absolute Gasteiger partial charge is 0.340 e. The molecule has 0 saturated carbocycles. The molecule has 0 unspecified atom stereocenters. The van der Waals surface area contributed by atoms with E-state index in [-0.39, 0.29) is 11.6 Å². The minimum Gasteiger partial charge on any atom is -0.340 e. The van der Waals surface area contributed by atoms with E-state index in [0.717, 1.165) is 11.3 Å². The minimum atomic E-state index is -0.370. The molecule has 3 rings (SSSR count). The zero-order valence-electron chi connectivity index (χ0n) is 13.5. The Morgan fingerprint density at radius 1 is 1.08 bits per heavy atom. The third-order valence-corrected chi connectivity index (χ3v) is 3.56. The van der Waals surface area contributed by atoms with Crippen molar-refractivity contribution in [2.75, 3.05) is 10.6 Å². The zero-order chi connectivity index (χ0) is 17.6. The molecule has 1 amide bonds. The van der Waals surface area contributed by atoms with Gasteiger partial charge in [-0.05, 0) is 36.8 Å². The molecular formula is C19H15N5O. The molecule has 0 radical (unpaired) electrons. The number of carbonyl (C=O) groups is 1. The van der Waals surface area contributed by atoms with Crippen LogP contribution < -0.4 is 10.6 Å². The Kier molecular flexibility index (Phi) is 4.67. The monoisotopic (exact) mass is 329 g/mol. The maximum absolute atomic E-state index is 12.4. The van der Waals surface area contributed by atoms with Crippen LogP contribution in [0.2, 0.25) is 0 Å². The summed E-state index contributed by atoms with van der Waals surface area (Å²) in [6.45, 7) is 1.99. The number of hydrogen-bond donors (Lipinski definition) is 2. The van der Waals surface area contributed by atoms with Crippen LogP contribution in [0.5, 0.6) is 0 Å². The molecule has 2 aromatic carbocycles. The highest BCUT2D eigenvalue weighted by Gasteiger charge is 2.10. The summed E-state index contributed by atoms with van der Waals surface area (Å²) in [5, 5.41) is 14.8. The molecule has 25 heavy (non-hydrogen) atoms. The lowest BCUT2D eigenvalue weighted by Crippen LogP contribution is -2.14. The summed E-state index contributed by atoms with van der Waals surface area (Å²) in [7, 11) is 0. The van der Waals surface area contributed by atoms with Crippen LogP contribution in [0, 0.1) is 18.3 Å². The van der Waals surface area contributed by atoms with E-state index in [1.807, 2.05) is 37.3 Å². The summed E-state index contributed by atoms with van der Waals surface area (Å²) in [6, 6.07) is 18.1. The number of hydrogen-bond acceptors (Lipinski definition) is 5. The van der Waals surface area contributed by atoms with Gasteiger partial charge >= 0.3 is 0 Å². The van der Waals surface area contributed by atoms with E-state index in [4.69, 9.17) is 5.26 Å². The van der Waals surface area contributed by atoms with Crippen LogP contribution in [0.25, 0.3) is 0 Å². The molecule has 0 saturated heterocycles. The van der Waals surface area contributed by atoms with Gasteiger partial charge in [-0.1, -0.05) is 24.3 Å². The van der Waals surface area contributed by atoms with E-state index in [2.05, 4.69) is 20.6 Å². The highest BCUT2D eigenvalue weighted by molar-refractivity contribution is 6.03. The van der Waals surface area contributed by atoms with E-state index in [0.29, 0.717) is 17.1 Å². The number of nitrogens with one attached hydrogen (secondary N) is 2. The van der Waals surface area contributed by atoms with Gasteiger partial charge in [-0.25, -0.2) is 9.97 Å². The minimum absolute atomic E-state index is 0.230. The third kappa shape index (κ3) is 3.98. The first-order valence-corrected chi connectivity index (χ1v) is 7.62. The van der Waals surface area contributed by atoms with Crippen LogP contribution in [-0.4, -0.2) is 15.9 Å². The summed E-state index contributed by atoms with van der Waals surface area (Å²) in [4.78, 5) is 20.5. The van der Waals surface area contributed by atoms with Gasteiger partial charge in [-0.15, -0.1) is 0 Å². The first-order valence-electron chi connectivity index (χ1n) is 7.62. The smallest absolute Gasteiger partial charge is 0.274 e. The Hall–Kier alpha value is -3.72. The first-order chi connectivity index (χ1) is 12.2. The van der Waals surface area contributed by atoms with Gasteiger partial charge in [-0.3, -0.25) is 4.79 Å². The second kappa shape index (κ2) is 7.23. The van der Waals surface area contributed by atoms with Gasteiger partial charge in [0.2, 0.25) is 0 Å². The number of aryl methyl sites for hydroxylation is 1. The molecule has 0 spiro atoms. The van der Waals surface area contributed by atoms with E-state index >= 15 is 0 Å². The standard InChI is InChI=1S/C19H15N5O/c1-13-5-2-3-8-16(13)24-18-10-17(21-12-22-18)19(25)23-15-7-4-6-14(9-15)11-20/h2-10,12H,1H3,(H,23,25)(H,21,22,24). The second-order valence-electron chi connectivity index (χ2n) is 5.38. The number of rotatable bonds is 4. The predicted octanol–water partition coefficient (Wildman–Crippen LogP) is 3.65. The van der Waals surface area contributed by atoms with Crippen LogP contribution in [0.15, 0.2) is 60.9 Å². The van der Waals surface area contributed by atoms with Crippen LogP contribution >= 0.6 is 0 Å². The summed E-state index contributed by atoms with van der Waals surface area (Å²) in [5.41, 5.74) is 3.22. The van der Waals surface area contributed by atoms with Crippen LogP contribution in [0.3, 0.4) is 0 Å². The second-order valence-corrected chi connectivity index (χ2v) is 5.38. The highest BCUT2D eigenvalue weighted by Crippen LogP contribution is 2.19. The molecule has 6 nitrogen and oxygen atoms in total. The molecule has 0 aliphatic heterocycles. The molecule has 1 aromatic heterocycles. The molecule has 0 aliphatic carbocycles.